The number of hydrogen-bond donors (Lipinski definition) is 1. The highest BCUT2D eigenvalue weighted by molar-refractivity contribution is 6.31. The molecule has 0 radical (unpaired) electrons. The summed E-state index contributed by atoms with van der Waals surface area (Å²) in [5.74, 6) is -2.62. The Bertz CT molecular complexity index is 662. The number of hydrogen-bond acceptors (Lipinski definition) is 1. The second-order valence-corrected chi connectivity index (χ2v) is 5.27. The van der Waals surface area contributed by atoms with E-state index in [-0.39, 0.29) is 10.0 Å². The molecule has 0 saturated carbocycles. The van der Waals surface area contributed by atoms with Crippen LogP contribution in [0.3, 0.4) is 0 Å². The highest BCUT2D eigenvalue weighted by Gasteiger charge is 2.20. The highest BCUT2D eigenvalue weighted by Crippen LogP contribution is 2.31. The summed E-state index contributed by atoms with van der Waals surface area (Å²) in [7, 11) is 0. The third-order valence-electron chi connectivity index (χ3n) is 3.04. The third-order valence-corrected chi connectivity index (χ3v) is 3.67. The SMILES string of the molecule is CCNC(c1ccc(Cl)c(F)c1)c1cc(F)c(F)cc1Cl. The van der Waals surface area contributed by atoms with Gasteiger partial charge in [-0.1, -0.05) is 36.2 Å². The zero-order valence-corrected chi connectivity index (χ0v) is 12.6. The molecule has 0 aromatic heterocycles. The lowest BCUT2D eigenvalue weighted by Crippen LogP contribution is -2.22. The van der Waals surface area contributed by atoms with Gasteiger partial charge in [0.05, 0.1) is 11.1 Å². The summed E-state index contributed by atoms with van der Waals surface area (Å²) in [5, 5.41) is 3.12. The third kappa shape index (κ3) is 3.51. The van der Waals surface area contributed by atoms with Gasteiger partial charge < -0.3 is 5.32 Å². The Morgan fingerprint density at radius 2 is 1.62 bits per heavy atom. The fraction of sp³-hybridized carbons (Fsp3) is 0.200. The molecule has 0 aliphatic rings. The zero-order valence-electron chi connectivity index (χ0n) is 11.1. The van der Waals surface area contributed by atoms with Gasteiger partial charge in [-0.15, -0.1) is 0 Å². The molecule has 6 heteroatoms. The predicted octanol–water partition coefficient (Wildman–Crippen LogP) is 5.11. The minimum atomic E-state index is -1.03. The molecule has 0 bridgehead atoms. The van der Waals surface area contributed by atoms with Gasteiger partial charge in [-0.05, 0) is 41.9 Å². The van der Waals surface area contributed by atoms with Gasteiger partial charge >= 0.3 is 0 Å². The summed E-state index contributed by atoms with van der Waals surface area (Å²) in [6.45, 7) is 2.37. The standard InChI is InChI=1S/C15H12Cl2F3N/c1-2-21-15(8-3-4-10(16)12(18)5-8)9-6-13(19)14(20)7-11(9)17/h3-7,15,21H,2H2,1H3. The van der Waals surface area contributed by atoms with Crippen molar-refractivity contribution in [3.8, 4) is 0 Å². The van der Waals surface area contributed by atoms with Crippen molar-refractivity contribution in [2.24, 2.45) is 0 Å². The summed E-state index contributed by atoms with van der Waals surface area (Å²) < 4.78 is 40.2. The van der Waals surface area contributed by atoms with E-state index in [2.05, 4.69) is 5.32 Å². The molecule has 0 heterocycles. The number of rotatable bonds is 4. The van der Waals surface area contributed by atoms with Gasteiger partial charge in [-0.3, -0.25) is 0 Å². The molecule has 21 heavy (non-hydrogen) atoms. The van der Waals surface area contributed by atoms with E-state index in [1.807, 2.05) is 6.92 Å². The Labute approximate surface area is 130 Å². The van der Waals surface area contributed by atoms with Crippen LogP contribution >= 0.6 is 23.2 Å². The number of benzene rings is 2. The second kappa shape index (κ2) is 6.69. The summed E-state index contributed by atoms with van der Waals surface area (Å²) in [6.07, 6.45) is 0. The van der Waals surface area contributed by atoms with E-state index in [1.54, 1.807) is 6.07 Å². The maximum atomic E-state index is 13.6. The van der Waals surface area contributed by atoms with Crippen LogP contribution in [0.1, 0.15) is 24.1 Å². The second-order valence-electron chi connectivity index (χ2n) is 4.45. The molecular formula is C15H12Cl2F3N. The van der Waals surface area contributed by atoms with E-state index in [0.29, 0.717) is 17.7 Å². The van der Waals surface area contributed by atoms with Gasteiger partial charge in [0.2, 0.25) is 0 Å². The quantitative estimate of drug-likeness (QED) is 0.766. The lowest BCUT2D eigenvalue weighted by atomic mass is 9.98. The van der Waals surface area contributed by atoms with Gasteiger partial charge in [0.25, 0.3) is 0 Å². The molecule has 0 fully saturated rings. The zero-order chi connectivity index (χ0) is 15.6. The van der Waals surface area contributed by atoms with E-state index >= 15 is 0 Å². The van der Waals surface area contributed by atoms with Crippen LogP contribution in [0.4, 0.5) is 13.2 Å². The van der Waals surface area contributed by atoms with Crippen LogP contribution in [0.15, 0.2) is 30.3 Å². The molecular weight excluding hydrogens is 322 g/mol. The minimum absolute atomic E-state index is 0.00891. The van der Waals surface area contributed by atoms with Crippen LogP contribution in [-0.4, -0.2) is 6.54 Å². The molecule has 2 aromatic carbocycles. The van der Waals surface area contributed by atoms with Crippen LogP contribution in [0.2, 0.25) is 10.0 Å². The molecule has 1 N–H and O–H groups in total. The van der Waals surface area contributed by atoms with Gasteiger partial charge in [0.1, 0.15) is 5.82 Å². The molecule has 0 aliphatic heterocycles. The van der Waals surface area contributed by atoms with E-state index in [9.17, 15) is 13.2 Å². The molecule has 0 saturated heterocycles. The Morgan fingerprint density at radius 3 is 2.24 bits per heavy atom. The average Bonchev–Trinajstić information content (AvgIpc) is 2.44. The van der Waals surface area contributed by atoms with Crippen LogP contribution < -0.4 is 5.32 Å². The van der Waals surface area contributed by atoms with Crippen molar-refractivity contribution < 1.29 is 13.2 Å². The van der Waals surface area contributed by atoms with Crippen LogP contribution in [0.5, 0.6) is 0 Å². The highest BCUT2D eigenvalue weighted by atomic mass is 35.5. The lowest BCUT2D eigenvalue weighted by molar-refractivity contribution is 0.504. The lowest BCUT2D eigenvalue weighted by Gasteiger charge is -2.20. The van der Waals surface area contributed by atoms with Crippen molar-refractivity contribution in [3.05, 3.63) is 69.0 Å². The smallest absolute Gasteiger partial charge is 0.160 e. The predicted molar refractivity (Wildman–Crippen MR) is 78.3 cm³/mol. The maximum Gasteiger partial charge on any atom is 0.160 e. The first-order valence-electron chi connectivity index (χ1n) is 6.26. The van der Waals surface area contributed by atoms with Crippen molar-refractivity contribution in [3.63, 3.8) is 0 Å². The van der Waals surface area contributed by atoms with Gasteiger partial charge in [0, 0.05) is 5.02 Å². The summed E-state index contributed by atoms with van der Waals surface area (Å²) in [4.78, 5) is 0. The summed E-state index contributed by atoms with van der Waals surface area (Å²) >= 11 is 11.6. The molecule has 112 valence electrons. The fourth-order valence-corrected chi connectivity index (χ4v) is 2.44. The number of halogens is 5. The number of nitrogens with one attached hydrogen (secondary N) is 1. The van der Waals surface area contributed by atoms with E-state index < -0.39 is 23.5 Å². The van der Waals surface area contributed by atoms with Crippen molar-refractivity contribution in [2.45, 2.75) is 13.0 Å². The minimum Gasteiger partial charge on any atom is -0.306 e. The summed E-state index contributed by atoms with van der Waals surface area (Å²) in [5.41, 5.74) is 0.853. The van der Waals surface area contributed by atoms with Gasteiger partial charge in [-0.25, -0.2) is 13.2 Å². The van der Waals surface area contributed by atoms with Crippen molar-refractivity contribution in [2.75, 3.05) is 6.54 Å². The summed E-state index contributed by atoms with van der Waals surface area (Å²) in [6, 6.07) is 5.61. The van der Waals surface area contributed by atoms with E-state index in [4.69, 9.17) is 23.2 Å². The van der Waals surface area contributed by atoms with E-state index in [0.717, 1.165) is 12.1 Å². The average molecular weight is 334 g/mol. The Kier molecular flexibility index (Phi) is 5.14. The normalized spacial score (nSPS) is 12.5. The maximum absolute atomic E-state index is 13.6. The van der Waals surface area contributed by atoms with Crippen LogP contribution in [0, 0.1) is 17.5 Å². The Hall–Kier alpha value is -1.23. The van der Waals surface area contributed by atoms with Crippen LogP contribution in [0.25, 0.3) is 0 Å². The van der Waals surface area contributed by atoms with Crippen LogP contribution in [-0.2, 0) is 0 Å². The Morgan fingerprint density at radius 1 is 0.952 bits per heavy atom. The van der Waals surface area contributed by atoms with Crippen molar-refractivity contribution >= 4 is 23.2 Å². The molecule has 1 atom stereocenters. The first-order valence-corrected chi connectivity index (χ1v) is 7.02. The molecule has 1 unspecified atom stereocenters. The topological polar surface area (TPSA) is 12.0 Å². The first-order chi connectivity index (χ1) is 9.93. The molecule has 0 amide bonds. The van der Waals surface area contributed by atoms with E-state index in [1.165, 1.54) is 12.1 Å². The molecule has 0 aliphatic carbocycles. The van der Waals surface area contributed by atoms with Gasteiger partial charge in [0.15, 0.2) is 11.6 Å². The first kappa shape index (κ1) is 16.1. The fourth-order valence-electron chi connectivity index (χ4n) is 2.06. The van der Waals surface area contributed by atoms with Gasteiger partial charge in [-0.2, -0.15) is 0 Å². The largest absolute Gasteiger partial charge is 0.306 e. The molecule has 0 spiro atoms. The van der Waals surface area contributed by atoms with Crippen molar-refractivity contribution in [1.82, 2.24) is 5.32 Å². The molecule has 2 rings (SSSR count). The molecule has 1 nitrogen and oxygen atoms in total. The monoisotopic (exact) mass is 333 g/mol. The van der Waals surface area contributed by atoms with Crippen molar-refractivity contribution in [1.29, 1.82) is 0 Å². The molecule has 2 aromatic rings. The Balaban J connectivity index is 2.52.